The van der Waals surface area contributed by atoms with Crippen LogP contribution in [0.2, 0.25) is 0 Å². The van der Waals surface area contributed by atoms with Crippen LogP contribution in [-0.2, 0) is 6.42 Å². The molecule has 0 aliphatic rings. The lowest BCUT2D eigenvalue weighted by atomic mass is 10.1. The molecule has 92 valence electrons. The van der Waals surface area contributed by atoms with Gasteiger partial charge in [-0.1, -0.05) is 18.2 Å². The minimum atomic E-state index is 0.176. The van der Waals surface area contributed by atoms with Crippen molar-refractivity contribution in [3.8, 4) is 0 Å². The van der Waals surface area contributed by atoms with Crippen LogP contribution in [0, 0.1) is 6.92 Å². The van der Waals surface area contributed by atoms with E-state index < -0.39 is 0 Å². The van der Waals surface area contributed by atoms with Crippen LogP contribution in [0.3, 0.4) is 0 Å². The van der Waals surface area contributed by atoms with Crippen LogP contribution in [0.1, 0.15) is 31.9 Å². The molecule has 2 rings (SSSR count). The molecule has 1 aromatic heterocycles. The van der Waals surface area contributed by atoms with Crippen molar-refractivity contribution in [3.05, 3.63) is 35.6 Å². The molecular weight excluding hydrogens is 210 g/mol. The third-order valence-corrected chi connectivity index (χ3v) is 2.93. The van der Waals surface area contributed by atoms with Gasteiger partial charge < -0.3 is 9.73 Å². The van der Waals surface area contributed by atoms with Gasteiger partial charge in [-0.2, -0.15) is 0 Å². The Kier molecular flexibility index (Phi) is 3.25. The first kappa shape index (κ1) is 12.2. The molecule has 2 aromatic rings. The van der Waals surface area contributed by atoms with E-state index in [0.717, 1.165) is 18.5 Å². The topological polar surface area (TPSA) is 25.2 Å². The molecule has 1 aromatic carbocycles. The van der Waals surface area contributed by atoms with Gasteiger partial charge in [0.1, 0.15) is 5.58 Å². The highest BCUT2D eigenvalue weighted by Crippen LogP contribution is 2.24. The van der Waals surface area contributed by atoms with E-state index >= 15 is 0 Å². The van der Waals surface area contributed by atoms with E-state index in [1.54, 1.807) is 0 Å². The Bertz CT molecular complexity index is 505. The van der Waals surface area contributed by atoms with E-state index in [9.17, 15) is 0 Å². The van der Waals surface area contributed by atoms with Gasteiger partial charge in [0, 0.05) is 10.9 Å². The maximum absolute atomic E-state index is 5.63. The predicted molar refractivity (Wildman–Crippen MR) is 72.4 cm³/mol. The lowest BCUT2D eigenvalue weighted by molar-refractivity contribution is 0.429. The number of hydrogen-bond donors (Lipinski definition) is 1. The van der Waals surface area contributed by atoms with Gasteiger partial charge in [-0.25, -0.2) is 0 Å². The zero-order valence-electron chi connectivity index (χ0n) is 11.1. The largest absolute Gasteiger partial charge is 0.464 e. The fourth-order valence-electron chi connectivity index (χ4n) is 2.02. The number of furan rings is 1. The first-order valence-corrected chi connectivity index (χ1v) is 6.18. The summed E-state index contributed by atoms with van der Waals surface area (Å²) in [5.41, 5.74) is 3.70. The molecule has 0 fully saturated rings. The Morgan fingerprint density at radius 2 is 2.00 bits per heavy atom. The highest BCUT2D eigenvalue weighted by atomic mass is 16.3. The summed E-state index contributed by atoms with van der Waals surface area (Å²) in [5, 5.41) is 4.75. The molecule has 17 heavy (non-hydrogen) atoms. The van der Waals surface area contributed by atoms with Crippen molar-refractivity contribution < 1.29 is 4.42 Å². The van der Waals surface area contributed by atoms with Crippen molar-refractivity contribution in [3.63, 3.8) is 0 Å². The van der Waals surface area contributed by atoms with Crippen LogP contribution >= 0.6 is 0 Å². The smallest absolute Gasteiger partial charge is 0.137 e. The van der Waals surface area contributed by atoms with Gasteiger partial charge in [0.05, 0.1) is 6.26 Å². The van der Waals surface area contributed by atoms with Gasteiger partial charge in [0.15, 0.2) is 0 Å². The zero-order valence-corrected chi connectivity index (χ0v) is 11.1. The Hall–Kier alpha value is -1.28. The fraction of sp³-hybridized carbons (Fsp3) is 0.467. The van der Waals surface area contributed by atoms with Crippen molar-refractivity contribution in [2.45, 2.75) is 39.7 Å². The minimum Gasteiger partial charge on any atom is -0.464 e. The maximum atomic E-state index is 5.63. The van der Waals surface area contributed by atoms with E-state index in [-0.39, 0.29) is 5.54 Å². The summed E-state index contributed by atoms with van der Waals surface area (Å²) in [7, 11) is 0. The van der Waals surface area contributed by atoms with Crippen LogP contribution in [-0.4, -0.2) is 12.1 Å². The molecule has 0 saturated heterocycles. The number of benzene rings is 1. The van der Waals surface area contributed by atoms with Gasteiger partial charge in [-0.05, 0) is 51.8 Å². The molecular formula is C15H21NO. The fourth-order valence-corrected chi connectivity index (χ4v) is 2.02. The van der Waals surface area contributed by atoms with Gasteiger partial charge in [0.2, 0.25) is 0 Å². The van der Waals surface area contributed by atoms with E-state index in [0.29, 0.717) is 0 Å². The second-order valence-electron chi connectivity index (χ2n) is 5.64. The summed E-state index contributed by atoms with van der Waals surface area (Å²) in [6, 6.07) is 6.31. The van der Waals surface area contributed by atoms with Crippen molar-refractivity contribution in [1.82, 2.24) is 5.32 Å². The number of nitrogens with one attached hydrogen (secondary N) is 1. The van der Waals surface area contributed by atoms with Crippen LogP contribution in [0.4, 0.5) is 0 Å². The number of para-hydroxylation sites is 1. The highest BCUT2D eigenvalue weighted by molar-refractivity contribution is 5.83. The molecule has 0 radical (unpaired) electrons. The van der Waals surface area contributed by atoms with Crippen molar-refractivity contribution in [1.29, 1.82) is 0 Å². The summed E-state index contributed by atoms with van der Waals surface area (Å²) in [6.07, 6.45) is 2.90. The van der Waals surface area contributed by atoms with Gasteiger partial charge in [-0.3, -0.25) is 0 Å². The molecule has 0 aliphatic heterocycles. The Balaban J connectivity index is 2.12. The van der Waals surface area contributed by atoms with Gasteiger partial charge in [-0.15, -0.1) is 0 Å². The number of aryl methyl sites for hydroxylation is 1. The van der Waals surface area contributed by atoms with Gasteiger partial charge >= 0.3 is 0 Å². The minimum absolute atomic E-state index is 0.176. The molecule has 0 atom stereocenters. The average Bonchev–Trinajstić information content (AvgIpc) is 2.61. The number of rotatable bonds is 3. The monoisotopic (exact) mass is 231 g/mol. The van der Waals surface area contributed by atoms with Crippen molar-refractivity contribution >= 4 is 11.0 Å². The Labute approximate surface area is 103 Å². The first-order chi connectivity index (χ1) is 7.97. The molecule has 0 unspecified atom stereocenters. The van der Waals surface area contributed by atoms with Gasteiger partial charge in [0.25, 0.3) is 0 Å². The first-order valence-electron chi connectivity index (χ1n) is 6.18. The molecule has 1 heterocycles. The number of fused-ring (bicyclic) bond motifs is 1. The molecule has 2 heteroatoms. The lowest BCUT2D eigenvalue weighted by Crippen LogP contribution is -2.37. The van der Waals surface area contributed by atoms with Crippen LogP contribution in [0.25, 0.3) is 11.0 Å². The summed E-state index contributed by atoms with van der Waals surface area (Å²) in [6.45, 7) is 9.62. The van der Waals surface area contributed by atoms with E-state index in [1.165, 1.54) is 16.5 Å². The molecule has 0 bridgehead atoms. The predicted octanol–water partition coefficient (Wildman–Crippen LogP) is 3.67. The van der Waals surface area contributed by atoms with Crippen molar-refractivity contribution in [2.24, 2.45) is 0 Å². The summed E-state index contributed by atoms with van der Waals surface area (Å²) >= 11 is 0. The highest BCUT2D eigenvalue weighted by Gasteiger charge is 2.10. The summed E-state index contributed by atoms with van der Waals surface area (Å²) in [5.74, 6) is 0. The number of hydrogen-bond acceptors (Lipinski definition) is 2. The normalized spacial score (nSPS) is 12.2. The Morgan fingerprint density at radius 1 is 1.24 bits per heavy atom. The maximum Gasteiger partial charge on any atom is 0.137 e. The molecule has 2 nitrogen and oxygen atoms in total. The summed E-state index contributed by atoms with van der Waals surface area (Å²) < 4.78 is 5.63. The third-order valence-electron chi connectivity index (χ3n) is 2.93. The van der Waals surface area contributed by atoms with Crippen LogP contribution < -0.4 is 5.32 Å². The molecule has 0 amide bonds. The third kappa shape index (κ3) is 2.89. The van der Waals surface area contributed by atoms with Crippen molar-refractivity contribution in [2.75, 3.05) is 6.54 Å². The molecule has 1 N–H and O–H groups in total. The van der Waals surface area contributed by atoms with Crippen LogP contribution in [0.15, 0.2) is 28.9 Å². The van der Waals surface area contributed by atoms with E-state index in [2.05, 4.69) is 51.2 Å². The summed E-state index contributed by atoms with van der Waals surface area (Å²) in [4.78, 5) is 0. The molecule has 0 saturated carbocycles. The Morgan fingerprint density at radius 3 is 2.71 bits per heavy atom. The molecule has 0 spiro atoms. The lowest BCUT2D eigenvalue weighted by Gasteiger charge is -2.20. The zero-order chi connectivity index (χ0) is 12.5. The molecule has 0 aliphatic carbocycles. The standard InChI is InChI=1S/C15H21NO/c1-11-6-5-7-13-12(10-17-14(11)13)8-9-16-15(2,3)4/h5-7,10,16H,8-9H2,1-4H3. The van der Waals surface area contributed by atoms with E-state index in [1.807, 2.05) is 6.26 Å². The SMILES string of the molecule is Cc1cccc2c(CCNC(C)(C)C)coc12. The average molecular weight is 231 g/mol. The second kappa shape index (κ2) is 4.53. The quantitative estimate of drug-likeness (QED) is 0.872. The van der Waals surface area contributed by atoms with Crippen LogP contribution in [0.5, 0.6) is 0 Å². The van der Waals surface area contributed by atoms with E-state index in [4.69, 9.17) is 4.42 Å². The second-order valence-corrected chi connectivity index (χ2v) is 5.64.